The van der Waals surface area contributed by atoms with Crippen LogP contribution in [0.3, 0.4) is 0 Å². The number of carbonyl (C=O) groups excluding carboxylic acids is 3. The van der Waals surface area contributed by atoms with Crippen molar-refractivity contribution in [2.45, 2.75) is 33.6 Å². The van der Waals surface area contributed by atoms with Gasteiger partial charge in [-0.15, -0.1) is 0 Å². The van der Waals surface area contributed by atoms with Crippen molar-refractivity contribution in [2.75, 3.05) is 16.0 Å². The number of benzene rings is 2. The van der Waals surface area contributed by atoms with Crippen molar-refractivity contribution >= 4 is 34.8 Å². The largest absolute Gasteiger partial charge is 0.326 e. The lowest BCUT2D eigenvalue weighted by molar-refractivity contribution is -0.116. The molecule has 0 radical (unpaired) electrons. The Balaban J connectivity index is 2.14. The molecule has 3 amide bonds. The Morgan fingerprint density at radius 2 is 1.38 bits per heavy atom. The molecular formula is C20H23N3O3. The van der Waals surface area contributed by atoms with E-state index in [0.717, 1.165) is 5.56 Å². The highest BCUT2D eigenvalue weighted by Crippen LogP contribution is 2.24. The second-order valence-corrected chi connectivity index (χ2v) is 5.88. The number of anilines is 3. The Bertz CT molecular complexity index is 814. The molecule has 0 aliphatic carbocycles. The average molecular weight is 353 g/mol. The van der Waals surface area contributed by atoms with Gasteiger partial charge in [0.1, 0.15) is 0 Å². The molecule has 0 saturated carbocycles. The van der Waals surface area contributed by atoms with Crippen LogP contribution >= 0.6 is 0 Å². The highest BCUT2D eigenvalue weighted by atomic mass is 16.2. The van der Waals surface area contributed by atoms with Crippen molar-refractivity contribution in [3.8, 4) is 0 Å². The Kier molecular flexibility index (Phi) is 6.49. The van der Waals surface area contributed by atoms with Crippen LogP contribution in [0.2, 0.25) is 0 Å². The summed E-state index contributed by atoms with van der Waals surface area (Å²) < 4.78 is 0. The molecule has 0 atom stereocenters. The number of carbonyl (C=O) groups is 3. The van der Waals surface area contributed by atoms with Gasteiger partial charge < -0.3 is 16.0 Å². The van der Waals surface area contributed by atoms with Gasteiger partial charge in [0.15, 0.2) is 0 Å². The zero-order valence-corrected chi connectivity index (χ0v) is 15.2. The maximum Gasteiger partial charge on any atom is 0.255 e. The van der Waals surface area contributed by atoms with Crippen molar-refractivity contribution in [1.29, 1.82) is 0 Å². The smallest absolute Gasteiger partial charge is 0.255 e. The second-order valence-electron chi connectivity index (χ2n) is 5.88. The Labute approximate surface area is 153 Å². The van der Waals surface area contributed by atoms with E-state index in [9.17, 15) is 14.4 Å². The molecule has 0 aliphatic heterocycles. The van der Waals surface area contributed by atoms with Crippen LogP contribution in [0, 0.1) is 6.92 Å². The van der Waals surface area contributed by atoms with Crippen molar-refractivity contribution in [3.05, 3.63) is 53.6 Å². The Morgan fingerprint density at radius 1 is 0.769 bits per heavy atom. The van der Waals surface area contributed by atoms with E-state index >= 15 is 0 Å². The van der Waals surface area contributed by atoms with Crippen molar-refractivity contribution < 1.29 is 14.4 Å². The fraction of sp³-hybridized carbons (Fsp3) is 0.250. The molecule has 0 aliphatic rings. The fourth-order valence-electron chi connectivity index (χ4n) is 2.26. The molecule has 0 aromatic heterocycles. The minimum Gasteiger partial charge on any atom is -0.326 e. The molecular weight excluding hydrogens is 330 g/mol. The van der Waals surface area contributed by atoms with Crippen LogP contribution in [0.15, 0.2) is 42.5 Å². The second kappa shape index (κ2) is 8.80. The zero-order chi connectivity index (χ0) is 19.1. The van der Waals surface area contributed by atoms with Crippen LogP contribution in [0.25, 0.3) is 0 Å². The van der Waals surface area contributed by atoms with E-state index in [0.29, 0.717) is 35.5 Å². The van der Waals surface area contributed by atoms with E-state index < -0.39 is 0 Å². The molecule has 136 valence electrons. The molecule has 0 unspecified atom stereocenters. The molecule has 0 heterocycles. The molecule has 2 rings (SSSR count). The lowest BCUT2D eigenvalue weighted by Gasteiger charge is -2.13. The minimum absolute atomic E-state index is 0.0850. The number of nitrogens with one attached hydrogen (secondary N) is 3. The molecule has 0 fully saturated rings. The molecule has 0 bridgehead atoms. The first-order valence-corrected chi connectivity index (χ1v) is 8.54. The summed E-state index contributed by atoms with van der Waals surface area (Å²) in [5, 5.41) is 8.34. The first-order valence-electron chi connectivity index (χ1n) is 8.54. The molecule has 2 aromatic carbocycles. The standard InChI is InChI=1S/C20H23N3O3/c1-4-18(24)21-15-9-7-14(8-10-15)20(26)23-16-11-6-13(3)12-17(16)22-19(25)5-2/h6-12H,4-5H2,1-3H3,(H,21,24)(H,22,25)(H,23,26). The van der Waals surface area contributed by atoms with Gasteiger partial charge in [0, 0.05) is 24.1 Å². The molecule has 0 spiro atoms. The summed E-state index contributed by atoms with van der Waals surface area (Å²) in [5.74, 6) is -0.505. The lowest BCUT2D eigenvalue weighted by atomic mass is 10.1. The van der Waals surface area contributed by atoms with Crippen LogP contribution in [0.4, 0.5) is 17.1 Å². The van der Waals surface area contributed by atoms with E-state index in [4.69, 9.17) is 0 Å². The topological polar surface area (TPSA) is 87.3 Å². The number of hydrogen-bond acceptors (Lipinski definition) is 3. The van der Waals surface area contributed by atoms with E-state index in [1.165, 1.54) is 0 Å². The maximum absolute atomic E-state index is 12.5. The molecule has 6 heteroatoms. The molecule has 6 nitrogen and oxygen atoms in total. The summed E-state index contributed by atoms with van der Waals surface area (Å²) in [6.07, 6.45) is 0.744. The quantitative estimate of drug-likeness (QED) is 0.735. The van der Waals surface area contributed by atoms with Gasteiger partial charge in [-0.1, -0.05) is 19.9 Å². The summed E-state index contributed by atoms with van der Waals surface area (Å²) in [5.41, 5.74) is 3.17. The molecule has 26 heavy (non-hydrogen) atoms. The third-order valence-corrected chi connectivity index (χ3v) is 3.77. The summed E-state index contributed by atoms with van der Waals surface area (Å²) in [6.45, 7) is 5.45. The summed E-state index contributed by atoms with van der Waals surface area (Å²) in [6, 6.07) is 12.1. The van der Waals surface area contributed by atoms with E-state index in [1.807, 2.05) is 19.1 Å². The highest BCUT2D eigenvalue weighted by molar-refractivity contribution is 6.07. The van der Waals surface area contributed by atoms with Gasteiger partial charge >= 0.3 is 0 Å². The number of aryl methyl sites for hydroxylation is 1. The van der Waals surface area contributed by atoms with Gasteiger partial charge in [-0.3, -0.25) is 14.4 Å². The first-order chi connectivity index (χ1) is 12.4. The number of amides is 3. The van der Waals surface area contributed by atoms with E-state index in [-0.39, 0.29) is 17.7 Å². The summed E-state index contributed by atoms with van der Waals surface area (Å²) in [4.78, 5) is 35.6. The third-order valence-electron chi connectivity index (χ3n) is 3.77. The van der Waals surface area contributed by atoms with Crippen LogP contribution in [0.1, 0.15) is 42.6 Å². The predicted octanol–water partition coefficient (Wildman–Crippen LogP) is 3.94. The van der Waals surface area contributed by atoms with Gasteiger partial charge in [-0.05, 0) is 48.9 Å². The van der Waals surface area contributed by atoms with Gasteiger partial charge in [-0.25, -0.2) is 0 Å². The minimum atomic E-state index is -0.297. The Morgan fingerprint density at radius 3 is 2.00 bits per heavy atom. The zero-order valence-electron chi connectivity index (χ0n) is 15.2. The molecule has 3 N–H and O–H groups in total. The maximum atomic E-state index is 12.5. The predicted molar refractivity (Wildman–Crippen MR) is 103 cm³/mol. The molecule has 2 aromatic rings. The van der Waals surface area contributed by atoms with E-state index in [2.05, 4.69) is 16.0 Å². The SMILES string of the molecule is CCC(=O)Nc1ccc(C(=O)Nc2ccc(C)cc2NC(=O)CC)cc1. The third kappa shape index (κ3) is 5.17. The van der Waals surface area contributed by atoms with Crippen LogP contribution < -0.4 is 16.0 Å². The van der Waals surface area contributed by atoms with Crippen LogP contribution in [0.5, 0.6) is 0 Å². The van der Waals surface area contributed by atoms with E-state index in [1.54, 1.807) is 44.2 Å². The first kappa shape index (κ1) is 19.2. The summed E-state index contributed by atoms with van der Waals surface area (Å²) >= 11 is 0. The van der Waals surface area contributed by atoms with Crippen molar-refractivity contribution in [3.63, 3.8) is 0 Å². The lowest BCUT2D eigenvalue weighted by Crippen LogP contribution is -2.16. The average Bonchev–Trinajstić information content (AvgIpc) is 2.64. The normalized spacial score (nSPS) is 10.1. The monoisotopic (exact) mass is 353 g/mol. The van der Waals surface area contributed by atoms with Gasteiger partial charge in [0.25, 0.3) is 5.91 Å². The summed E-state index contributed by atoms with van der Waals surface area (Å²) in [7, 11) is 0. The Hall–Kier alpha value is -3.15. The number of hydrogen-bond donors (Lipinski definition) is 3. The fourth-order valence-corrected chi connectivity index (χ4v) is 2.26. The molecule has 0 saturated heterocycles. The van der Waals surface area contributed by atoms with Gasteiger partial charge in [0.05, 0.1) is 11.4 Å². The van der Waals surface area contributed by atoms with Crippen LogP contribution in [-0.4, -0.2) is 17.7 Å². The highest BCUT2D eigenvalue weighted by Gasteiger charge is 2.11. The number of rotatable bonds is 6. The van der Waals surface area contributed by atoms with Gasteiger partial charge in [0.2, 0.25) is 11.8 Å². The van der Waals surface area contributed by atoms with Crippen molar-refractivity contribution in [1.82, 2.24) is 0 Å². The van der Waals surface area contributed by atoms with Gasteiger partial charge in [-0.2, -0.15) is 0 Å². The van der Waals surface area contributed by atoms with Crippen molar-refractivity contribution in [2.24, 2.45) is 0 Å². The van der Waals surface area contributed by atoms with Crippen LogP contribution in [-0.2, 0) is 9.59 Å².